The van der Waals surface area contributed by atoms with Crippen molar-refractivity contribution in [3.8, 4) is 11.3 Å². The summed E-state index contributed by atoms with van der Waals surface area (Å²) in [5, 5.41) is 7.05. The minimum Gasteiger partial charge on any atom is -0.459 e. The van der Waals surface area contributed by atoms with Gasteiger partial charge in [-0.25, -0.2) is 0 Å². The highest BCUT2D eigenvalue weighted by molar-refractivity contribution is 9.10. The maximum absolute atomic E-state index is 12.3. The van der Waals surface area contributed by atoms with Gasteiger partial charge < -0.3 is 20.0 Å². The van der Waals surface area contributed by atoms with Crippen LogP contribution in [0.15, 0.2) is 87.9 Å². The summed E-state index contributed by atoms with van der Waals surface area (Å²) in [6, 6.07) is 23.4. The number of hydrogen-bond donors (Lipinski definition) is 2. The minimum atomic E-state index is -0.262. The smallest absolute Gasteiger partial charge is 0.226 e. The molecule has 37 heavy (non-hydrogen) atoms. The van der Waals surface area contributed by atoms with Gasteiger partial charge in [-0.2, -0.15) is 0 Å². The van der Waals surface area contributed by atoms with Gasteiger partial charge in [0.2, 0.25) is 5.91 Å². The molecule has 2 aromatic heterocycles. The molecule has 3 heterocycles. The molecule has 0 spiro atoms. The maximum atomic E-state index is 12.3. The Morgan fingerprint density at radius 2 is 1.89 bits per heavy atom. The van der Waals surface area contributed by atoms with Gasteiger partial charge in [-0.15, -0.1) is 0 Å². The molecule has 2 aromatic carbocycles. The molecular weight excluding hydrogens is 548 g/mol. The van der Waals surface area contributed by atoms with Gasteiger partial charge in [-0.3, -0.25) is 9.78 Å². The predicted molar refractivity (Wildman–Crippen MR) is 154 cm³/mol. The average molecular weight is 576 g/mol. The molecule has 1 fully saturated rings. The number of nitrogens with one attached hydrogen (secondary N) is 2. The van der Waals surface area contributed by atoms with E-state index in [1.807, 2.05) is 93.6 Å². The van der Waals surface area contributed by atoms with Crippen molar-refractivity contribution in [1.29, 1.82) is 0 Å². The molecule has 0 radical (unpaired) electrons. The Morgan fingerprint density at radius 3 is 2.57 bits per heavy atom. The van der Waals surface area contributed by atoms with E-state index in [9.17, 15) is 4.79 Å². The number of benzene rings is 2. The lowest BCUT2D eigenvalue weighted by atomic mass is 10.0. The molecule has 0 aliphatic carbocycles. The van der Waals surface area contributed by atoms with Crippen LogP contribution in [0, 0.1) is 12.8 Å². The summed E-state index contributed by atoms with van der Waals surface area (Å²) in [7, 11) is 0. The number of aryl methyl sites for hydroxylation is 1. The van der Waals surface area contributed by atoms with Crippen LogP contribution in [0.4, 0.5) is 11.4 Å². The first-order valence-corrected chi connectivity index (χ1v) is 13.3. The molecule has 0 bridgehead atoms. The second-order valence-electron chi connectivity index (χ2n) is 9.35. The molecule has 1 aliphatic heterocycles. The van der Waals surface area contributed by atoms with Crippen molar-refractivity contribution < 1.29 is 9.21 Å². The largest absolute Gasteiger partial charge is 0.459 e. The zero-order chi connectivity index (χ0) is 26.1. The molecule has 188 valence electrons. The number of amides is 1. The highest BCUT2D eigenvalue weighted by Gasteiger charge is 2.42. The van der Waals surface area contributed by atoms with E-state index in [-0.39, 0.29) is 23.9 Å². The summed E-state index contributed by atoms with van der Waals surface area (Å²) in [4.78, 5) is 18.9. The topological polar surface area (TPSA) is 70.4 Å². The molecule has 1 saturated heterocycles. The number of hydrogen-bond acceptors (Lipinski definition) is 4. The predicted octanol–water partition coefficient (Wildman–Crippen LogP) is 7.18. The van der Waals surface area contributed by atoms with Crippen LogP contribution in [0.1, 0.15) is 42.9 Å². The fraction of sp³-hybridized carbons (Fsp3) is 0.207. The molecular formula is C29H27BrN4O2S. The fourth-order valence-electron chi connectivity index (χ4n) is 4.42. The number of halogens is 1. The number of nitrogens with zero attached hydrogens (tertiary/aromatic N) is 2. The normalized spacial score (nSPS) is 17.2. The lowest BCUT2D eigenvalue weighted by molar-refractivity contribution is -0.118. The SMILES string of the molecule is Cc1cc(N2C(=S)NC(c3ccccn3)C2c2ccc(-c3ccc(Br)cc3)o2)ccc1NC(=O)C(C)C. The van der Waals surface area contributed by atoms with Crippen molar-refractivity contribution in [3.63, 3.8) is 0 Å². The van der Waals surface area contributed by atoms with Crippen LogP contribution in [-0.4, -0.2) is 16.0 Å². The summed E-state index contributed by atoms with van der Waals surface area (Å²) in [5.74, 6) is 1.44. The number of thiocarbonyl (C=S) groups is 1. The van der Waals surface area contributed by atoms with Gasteiger partial charge >= 0.3 is 0 Å². The quantitative estimate of drug-likeness (QED) is 0.237. The zero-order valence-electron chi connectivity index (χ0n) is 20.7. The number of furan rings is 1. The summed E-state index contributed by atoms with van der Waals surface area (Å²) < 4.78 is 7.45. The average Bonchev–Trinajstić information content (AvgIpc) is 3.51. The van der Waals surface area contributed by atoms with Gasteiger partial charge in [0.1, 0.15) is 17.6 Å². The molecule has 2 unspecified atom stereocenters. The van der Waals surface area contributed by atoms with Crippen molar-refractivity contribution in [2.45, 2.75) is 32.9 Å². The molecule has 4 aromatic rings. The third-order valence-corrected chi connectivity index (χ3v) is 7.26. The first kappa shape index (κ1) is 25.2. The first-order chi connectivity index (χ1) is 17.8. The van der Waals surface area contributed by atoms with Crippen LogP contribution in [0.2, 0.25) is 0 Å². The van der Waals surface area contributed by atoms with Crippen LogP contribution < -0.4 is 15.5 Å². The Morgan fingerprint density at radius 1 is 1.11 bits per heavy atom. The standard InChI is InChI=1S/C29H27BrN4O2S/c1-17(2)28(35)32-22-12-11-21(16-18(22)3)34-27(26(33-29(34)37)23-6-4-5-15-31-23)25-14-13-24(36-25)19-7-9-20(30)10-8-19/h4-17,26-27H,1-3H3,(H,32,35)(H,33,37). The molecule has 0 saturated carbocycles. The van der Waals surface area contributed by atoms with E-state index in [1.54, 1.807) is 6.20 Å². The van der Waals surface area contributed by atoms with Crippen LogP contribution in [0.25, 0.3) is 11.3 Å². The van der Waals surface area contributed by atoms with E-state index in [2.05, 4.69) is 36.4 Å². The van der Waals surface area contributed by atoms with E-state index >= 15 is 0 Å². The van der Waals surface area contributed by atoms with Crippen LogP contribution in [0.5, 0.6) is 0 Å². The zero-order valence-corrected chi connectivity index (χ0v) is 23.1. The number of rotatable bonds is 6. The Labute approximate surface area is 230 Å². The van der Waals surface area contributed by atoms with Gasteiger partial charge in [0, 0.05) is 33.5 Å². The fourth-order valence-corrected chi connectivity index (χ4v) is 5.03. The lowest BCUT2D eigenvalue weighted by Crippen LogP contribution is -2.29. The van der Waals surface area contributed by atoms with E-state index in [0.29, 0.717) is 5.11 Å². The number of aromatic nitrogens is 1. The van der Waals surface area contributed by atoms with Crippen molar-refractivity contribution in [1.82, 2.24) is 10.3 Å². The number of carbonyl (C=O) groups excluding carboxylic acids is 1. The summed E-state index contributed by atoms with van der Waals surface area (Å²) in [5.41, 5.74) is 4.50. The number of carbonyl (C=O) groups is 1. The van der Waals surface area contributed by atoms with Crippen LogP contribution >= 0.6 is 28.1 Å². The minimum absolute atomic E-state index is 0.0154. The third kappa shape index (κ3) is 5.17. The maximum Gasteiger partial charge on any atom is 0.226 e. The second-order valence-corrected chi connectivity index (χ2v) is 10.7. The van der Waals surface area contributed by atoms with E-state index in [0.717, 1.165) is 44.2 Å². The third-order valence-electron chi connectivity index (χ3n) is 6.42. The van der Waals surface area contributed by atoms with Gasteiger partial charge in [0.05, 0.1) is 11.7 Å². The Balaban J connectivity index is 1.54. The first-order valence-electron chi connectivity index (χ1n) is 12.1. The summed E-state index contributed by atoms with van der Waals surface area (Å²) in [6.07, 6.45) is 1.78. The van der Waals surface area contributed by atoms with E-state index in [1.165, 1.54) is 0 Å². The molecule has 8 heteroatoms. The number of pyridine rings is 1. The van der Waals surface area contributed by atoms with Crippen molar-refractivity contribution in [3.05, 3.63) is 100 Å². The summed E-state index contributed by atoms with van der Waals surface area (Å²) >= 11 is 9.33. The molecule has 2 N–H and O–H groups in total. The molecule has 5 rings (SSSR count). The highest BCUT2D eigenvalue weighted by atomic mass is 79.9. The van der Waals surface area contributed by atoms with Gasteiger partial charge in [-0.1, -0.05) is 48.0 Å². The van der Waals surface area contributed by atoms with E-state index in [4.69, 9.17) is 16.6 Å². The molecule has 6 nitrogen and oxygen atoms in total. The highest BCUT2D eigenvalue weighted by Crippen LogP contribution is 2.43. The van der Waals surface area contributed by atoms with Gasteiger partial charge in [0.15, 0.2) is 5.11 Å². The second kappa shape index (κ2) is 10.5. The van der Waals surface area contributed by atoms with Crippen LogP contribution in [-0.2, 0) is 4.79 Å². The van der Waals surface area contributed by atoms with Crippen molar-refractivity contribution >= 4 is 50.5 Å². The Hall–Kier alpha value is -3.49. The van der Waals surface area contributed by atoms with Crippen LogP contribution in [0.3, 0.4) is 0 Å². The Bertz CT molecular complexity index is 1440. The molecule has 1 aliphatic rings. The monoisotopic (exact) mass is 574 g/mol. The molecule has 1 amide bonds. The summed E-state index contributed by atoms with van der Waals surface area (Å²) in [6.45, 7) is 5.74. The number of anilines is 2. The van der Waals surface area contributed by atoms with Gasteiger partial charge in [0.25, 0.3) is 0 Å². The Kier molecular flexibility index (Phi) is 7.13. The van der Waals surface area contributed by atoms with E-state index < -0.39 is 0 Å². The molecule has 2 atom stereocenters. The van der Waals surface area contributed by atoms with Crippen molar-refractivity contribution in [2.24, 2.45) is 5.92 Å². The lowest BCUT2D eigenvalue weighted by Gasteiger charge is -2.27. The van der Waals surface area contributed by atoms with Crippen molar-refractivity contribution in [2.75, 3.05) is 10.2 Å². The van der Waals surface area contributed by atoms with Gasteiger partial charge in [-0.05, 0) is 79.3 Å².